The number of hydrogen-bond donors (Lipinski definition) is 3. The van der Waals surface area contributed by atoms with Crippen molar-refractivity contribution in [1.82, 2.24) is 9.55 Å². The van der Waals surface area contributed by atoms with Crippen LogP contribution in [0.25, 0.3) is 0 Å². The van der Waals surface area contributed by atoms with Gasteiger partial charge in [0.1, 0.15) is 18.0 Å². The molecule has 1 aromatic heterocycles. The van der Waals surface area contributed by atoms with Crippen molar-refractivity contribution < 1.29 is 14.9 Å². The molecule has 1 saturated heterocycles. The molecule has 0 saturated carbocycles. The minimum atomic E-state index is -1.15. The molecule has 7 heteroatoms. The Balaban J connectivity index is 2.35. The summed E-state index contributed by atoms with van der Waals surface area (Å²) >= 11 is 0. The molecule has 1 aliphatic rings. The first-order valence-corrected chi connectivity index (χ1v) is 4.87. The van der Waals surface area contributed by atoms with Gasteiger partial charge in [0.2, 0.25) is 0 Å². The van der Waals surface area contributed by atoms with Crippen LogP contribution in [0.5, 0.6) is 0 Å². The van der Waals surface area contributed by atoms with E-state index in [4.69, 9.17) is 10.5 Å². The Morgan fingerprint density at radius 1 is 1.50 bits per heavy atom. The van der Waals surface area contributed by atoms with E-state index in [1.807, 2.05) is 0 Å². The summed E-state index contributed by atoms with van der Waals surface area (Å²) in [5.74, 6) is 0.0994. The number of rotatable bonds is 1. The van der Waals surface area contributed by atoms with Crippen LogP contribution >= 0.6 is 0 Å². The lowest BCUT2D eigenvalue weighted by Crippen LogP contribution is -2.35. The summed E-state index contributed by atoms with van der Waals surface area (Å²) in [6, 6.07) is 1.42. The Labute approximate surface area is 91.1 Å². The first-order valence-electron chi connectivity index (χ1n) is 4.87. The van der Waals surface area contributed by atoms with Crippen molar-refractivity contribution in [3.8, 4) is 0 Å². The zero-order valence-corrected chi connectivity index (χ0v) is 8.65. The van der Waals surface area contributed by atoms with Crippen LogP contribution in [0.15, 0.2) is 17.1 Å². The van der Waals surface area contributed by atoms with E-state index < -0.39 is 30.2 Å². The summed E-state index contributed by atoms with van der Waals surface area (Å²) in [5, 5.41) is 19.2. The molecule has 4 atom stereocenters. The van der Waals surface area contributed by atoms with E-state index in [2.05, 4.69) is 4.98 Å². The van der Waals surface area contributed by atoms with E-state index in [1.54, 1.807) is 6.92 Å². The SMILES string of the molecule is C[C@H]1O[C@@H](n2ccc(N)nc2=O)[C@@H](O)[C@@H]1O. The van der Waals surface area contributed by atoms with Gasteiger partial charge in [0.15, 0.2) is 6.23 Å². The summed E-state index contributed by atoms with van der Waals surface area (Å²) in [6.07, 6.45) is -2.26. The van der Waals surface area contributed by atoms with Gasteiger partial charge < -0.3 is 20.7 Å². The van der Waals surface area contributed by atoms with Gasteiger partial charge in [0.25, 0.3) is 0 Å². The molecule has 0 bridgehead atoms. The second kappa shape index (κ2) is 3.85. The van der Waals surface area contributed by atoms with Gasteiger partial charge in [-0.25, -0.2) is 4.79 Å². The van der Waals surface area contributed by atoms with Crippen LogP contribution in [0.4, 0.5) is 5.82 Å². The number of aliphatic hydroxyl groups is 2. The van der Waals surface area contributed by atoms with Crippen molar-refractivity contribution in [3.63, 3.8) is 0 Å². The van der Waals surface area contributed by atoms with E-state index in [1.165, 1.54) is 12.3 Å². The van der Waals surface area contributed by atoms with Gasteiger partial charge in [-0.3, -0.25) is 4.57 Å². The number of anilines is 1. The maximum absolute atomic E-state index is 11.5. The third kappa shape index (κ3) is 1.69. The van der Waals surface area contributed by atoms with Crippen LogP contribution in [0.1, 0.15) is 13.2 Å². The van der Waals surface area contributed by atoms with Crippen molar-refractivity contribution in [2.75, 3.05) is 5.73 Å². The van der Waals surface area contributed by atoms with Crippen molar-refractivity contribution in [1.29, 1.82) is 0 Å². The largest absolute Gasteiger partial charge is 0.388 e. The maximum Gasteiger partial charge on any atom is 0.351 e. The van der Waals surface area contributed by atoms with Gasteiger partial charge in [-0.1, -0.05) is 0 Å². The zero-order valence-electron chi connectivity index (χ0n) is 8.65. The zero-order chi connectivity index (χ0) is 11.9. The number of ether oxygens (including phenoxy) is 1. The molecule has 0 radical (unpaired) electrons. The van der Waals surface area contributed by atoms with Gasteiger partial charge in [-0.2, -0.15) is 4.98 Å². The Morgan fingerprint density at radius 2 is 2.19 bits per heavy atom. The third-order valence-corrected chi connectivity index (χ3v) is 2.60. The van der Waals surface area contributed by atoms with Crippen LogP contribution in [-0.4, -0.2) is 38.1 Å². The van der Waals surface area contributed by atoms with E-state index in [0.717, 1.165) is 4.57 Å². The number of nitrogens with two attached hydrogens (primary N) is 1. The Morgan fingerprint density at radius 3 is 2.69 bits per heavy atom. The molecule has 2 rings (SSSR count). The van der Waals surface area contributed by atoms with Gasteiger partial charge >= 0.3 is 5.69 Å². The van der Waals surface area contributed by atoms with E-state index in [9.17, 15) is 15.0 Å². The first-order chi connectivity index (χ1) is 7.50. The van der Waals surface area contributed by atoms with E-state index >= 15 is 0 Å². The molecule has 1 aromatic rings. The smallest absolute Gasteiger partial charge is 0.351 e. The van der Waals surface area contributed by atoms with Gasteiger partial charge in [-0.05, 0) is 13.0 Å². The van der Waals surface area contributed by atoms with Gasteiger partial charge in [0.05, 0.1) is 6.10 Å². The Kier molecular flexibility index (Phi) is 2.66. The molecule has 7 nitrogen and oxygen atoms in total. The van der Waals surface area contributed by atoms with Crippen molar-refractivity contribution in [2.24, 2.45) is 0 Å². The summed E-state index contributed by atoms with van der Waals surface area (Å²) in [6.45, 7) is 1.61. The fraction of sp³-hybridized carbons (Fsp3) is 0.556. The standard InChI is InChI=1S/C9H13N3O4/c1-4-6(13)7(14)8(16-4)12-3-2-5(10)11-9(12)15/h2-4,6-8,13-14H,1H3,(H2,10,11,15)/t4-,6-,7+,8-/m1/s1. The minimum absolute atomic E-state index is 0.0994. The topological polar surface area (TPSA) is 111 Å². The van der Waals surface area contributed by atoms with Crippen LogP contribution in [0.3, 0.4) is 0 Å². The average Bonchev–Trinajstić information content (AvgIpc) is 2.46. The van der Waals surface area contributed by atoms with Crippen molar-refractivity contribution in [3.05, 3.63) is 22.7 Å². The molecule has 4 N–H and O–H groups in total. The third-order valence-electron chi connectivity index (χ3n) is 2.60. The monoisotopic (exact) mass is 227 g/mol. The molecule has 16 heavy (non-hydrogen) atoms. The Hall–Kier alpha value is -1.44. The summed E-state index contributed by atoms with van der Waals surface area (Å²) in [5.41, 5.74) is 4.72. The average molecular weight is 227 g/mol. The molecular formula is C9H13N3O4. The molecule has 2 heterocycles. The predicted octanol–water partition coefficient (Wildman–Crippen LogP) is -1.54. The molecule has 1 fully saturated rings. The van der Waals surface area contributed by atoms with Gasteiger partial charge in [-0.15, -0.1) is 0 Å². The lowest BCUT2D eigenvalue weighted by Gasteiger charge is -2.16. The lowest BCUT2D eigenvalue weighted by molar-refractivity contribution is -0.0349. The molecule has 1 aliphatic heterocycles. The van der Waals surface area contributed by atoms with Crippen LogP contribution in [-0.2, 0) is 4.74 Å². The normalized spacial score (nSPS) is 34.2. The fourth-order valence-electron chi connectivity index (χ4n) is 1.68. The summed E-state index contributed by atoms with van der Waals surface area (Å²) in [7, 11) is 0. The number of nitrogen functional groups attached to an aromatic ring is 1. The fourth-order valence-corrected chi connectivity index (χ4v) is 1.68. The van der Waals surface area contributed by atoms with E-state index in [0.29, 0.717) is 0 Å². The molecule has 0 spiro atoms. The van der Waals surface area contributed by atoms with Crippen LogP contribution in [0.2, 0.25) is 0 Å². The number of aromatic nitrogens is 2. The molecule has 0 unspecified atom stereocenters. The van der Waals surface area contributed by atoms with Crippen molar-refractivity contribution >= 4 is 5.82 Å². The van der Waals surface area contributed by atoms with Crippen LogP contribution < -0.4 is 11.4 Å². The van der Waals surface area contributed by atoms with Gasteiger partial charge in [0, 0.05) is 6.20 Å². The Bertz CT molecular complexity index is 447. The quantitative estimate of drug-likeness (QED) is 0.536. The molecule has 0 aliphatic carbocycles. The maximum atomic E-state index is 11.5. The van der Waals surface area contributed by atoms with Crippen molar-refractivity contribution in [2.45, 2.75) is 31.5 Å². The predicted molar refractivity (Wildman–Crippen MR) is 54.5 cm³/mol. The highest BCUT2D eigenvalue weighted by molar-refractivity contribution is 5.23. The molecular weight excluding hydrogens is 214 g/mol. The molecule has 0 amide bonds. The molecule has 0 aromatic carbocycles. The highest BCUT2D eigenvalue weighted by Gasteiger charge is 2.41. The summed E-state index contributed by atoms with van der Waals surface area (Å²) in [4.78, 5) is 15.0. The highest BCUT2D eigenvalue weighted by atomic mass is 16.6. The lowest BCUT2D eigenvalue weighted by atomic mass is 10.1. The number of hydrogen-bond acceptors (Lipinski definition) is 6. The first kappa shape index (κ1) is 11.1. The van der Waals surface area contributed by atoms with E-state index in [-0.39, 0.29) is 5.82 Å². The molecule has 88 valence electrons. The van der Waals surface area contributed by atoms with Crippen LogP contribution in [0, 0.1) is 0 Å². The second-order valence-electron chi connectivity index (χ2n) is 3.76. The highest BCUT2D eigenvalue weighted by Crippen LogP contribution is 2.27. The number of aliphatic hydroxyl groups excluding tert-OH is 2. The number of nitrogens with zero attached hydrogens (tertiary/aromatic N) is 2. The minimum Gasteiger partial charge on any atom is -0.388 e. The second-order valence-corrected chi connectivity index (χ2v) is 3.76. The summed E-state index contributed by atoms with van der Waals surface area (Å²) < 4.78 is 6.38.